The first kappa shape index (κ1) is 27.8. The van der Waals surface area contributed by atoms with Crippen molar-refractivity contribution in [3.63, 3.8) is 0 Å². The van der Waals surface area contributed by atoms with Crippen molar-refractivity contribution in [1.82, 2.24) is 0 Å². The zero-order valence-corrected chi connectivity index (χ0v) is 20.7. The van der Waals surface area contributed by atoms with Gasteiger partial charge in [0.2, 0.25) is 0 Å². The minimum atomic E-state index is -4.77. The summed E-state index contributed by atoms with van der Waals surface area (Å²) in [5.74, 6) is -0.898. The Hall–Kier alpha value is -4.76. The Bertz CT molecular complexity index is 1430. The molecule has 3 aromatic rings. The largest absolute Gasteiger partial charge is 0.573 e. The van der Waals surface area contributed by atoms with Crippen molar-refractivity contribution < 1.29 is 22.7 Å². The number of rotatable bonds is 8. The number of carbonyl (C=O) groups excluding carboxylic acids is 1. The Morgan fingerprint density at radius 3 is 2.32 bits per heavy atom. The third-order valence-electron chi connectivity index (χ3n) is 4.89. The standard InChI is InChI=1S/C26H21F3N6O2S/c1-16-4-2-3-5-22(16)35-25(38)21(14-30)24(36)34-19-8-6-17(7-9-19)23(31)33-15-32-18-10-12-20(13-11-18)37-26(27,28)29/h2-13,15,35,38H,1H3,(H,34,36)(H2,31,32,33)/b25-21-. The quantitative estimate of drug-likeness (QED) is 0.0966. The maximum Gasteiger partial charge on any atom is 0.573 e. The van der Waals surface area contributed by atoms with E-state index in [-0.39, 0.29) is 22.2 Å². The first-order valence-electron chi connectivity index (χ1n) is 10.8. The van der Waals surface area contributed by atoms with Gasteiger partial charge in [0.1, 0.15) is 29.6 Å². The molecule has 0 unspecified atom stereocenters. The molecule has 3 rings (SSSR count). The minimum absolute atomic E-state index is 0.106. The summed E-state index contributed by atoms with van der Waals surface area (Å²) < 4.78 is 40.5. The molecule has 0 aromatic heterocycles. The van der Waals surface area contributed by atoms with Crippen LogP contribution in [0.5, 0.6) is 5.75 Å². The highest BCUT2D eigenvalue weighted by Crippen LogP contribution is 2.25. The van der Waals surface area contributed by atoms with E-state index in [4.69, 9.17) is 5.73 Å². The molecule has 0 aliphatic carbocycles. The molecule has 0 atom stereocenters. The van der Waals surface area contributed by atoms with Crippen molar-refractivity contribution >= 4 is 47.8 Å². The van der Waals surface area contributed by atoms with Gasteiger partial charge < -0.3 is 21.1 Å². The summed E-state index contributed by atoms with van der Waals surface area (Å²) in [6, 6.07) is 20.5. The number of halogens is 3. The zero-order chi connectivity index (χ0) is 27.7. The molecule has 0 spiro atoms. The molecule has 1 amide bonds. The van der Waals surface area contributed by atoms with Crippen LogP contribution in [0, 0.1) is 18.3 Å². The second kappa shape index (κ2) is 12.5. The predicted octanol–water partition coefficient (Wildman–Crippen LogP) is 5.67. The summed E-state index contributed by atoms with van der Waals surface area (Å²) in [5.41, 5.74) is 8.67. The molecule has 12 heteroatoms. The van der Waals surface area contributed by atoms with Gasteiger partial charge in [-0.3, -0.25) is 4.79 Å². The molecule has 3 aromatic carbocycles. The van der Waals surface area contributed by atoms with Gasteiger partial charge in [0.05, 0.1) is 10.7 Å². The smallest absolute Gasteiger partial charge is 0.406 e. The molecule has 0 heterocycles. The second-order valence-electron chi connectivity index (χ2n) is 7.61. The number of amides is 1. The number of thiol groups is 1. The zero-order valence-electron chi connectivity index (χ0n) is 19.8. The summed E-state index contributed by atoms with van der Waals surface area (Å²) in [5, 5.41) is 15.2. The van der Waals surface area contributed by atoms with Crippen LogP contribution >= 0.6 is 12.6 Å². The fourth-order valence-corrected chi connectivity index (χ4v) is 3.27. The van der Waals surface area contributed by atoms with Crippen molar-refractivity contribution in [3.05, 3.63) is 94.5 Å². The summed E-state index contributed by atoms with van der Waals surface area (Å²) in [7, 11) is 0. The summed E-state index contributed by atoms with van der Waals surface area (Å²) >= 11 is 4.28. The lowest BCUT2D eigenvalue weighted by Crippen LogP contribution is -2.17. The van der Waals surface area contributed by atoms with E-state index in [0.717, 1.165) is 24.0 Å². The number of ether oxygens (including phenoxy) is 1. The first-order valence-corrected chi connectivity index (χ1v) is 11.3. The number of alkyl halides is 3. The SMILES string of the molecule is Cc1ccccc1N/C(S)=C(\C#N)C(=O)Nc1ccc(C(N)=NC=Nc2ccc(OC(F)(F)F)cc2)cc1. The van der Waals surface area contributed by atoms with Crippen molar-refractivity contribution in [3.8, 4) is 11.8 Å². The fraction of sp³-hybridized carbons (Fsp3) is 0.0769. The van der Waals surface area contributed by atoms with Crippen LogP contribution in [-0.2, 0) is 4.79 Å². The third-order valence-corrected chi connectivity index (χ3v) is 5.22. The van der Waals surface area contributed by atoms with Crippen molar-refractivity contribution in [2.75, 3.05) is 10.6 Å². The van der Waals surface area contributed by atoms with Crippen LogP contribution in [0.3, 0.4) is 0 Å². The van der Waals surface area contributed by atoms with Crippen LogP contribution < -0.4 is 21.1 Å². The number of hydrogen-bond donors (Lipinski definition) is 4. The molecule has 0 radical (unpaired) electrons. The number of amidine groups is 1. The summed E-state index contributed by atoms with van der Waals surface area (Å²) in [6.07, 6.45) is -3.62. The van der Waals surface area contributed by atoms with E-state index in [1.807, 2.05) is 31.2 Å². The normalized spacial score (nSPS) is 12.5. The number of aliphatic imine (C=N–C) groups is 2. The van der Waals surface area contributed by atoms with Gasteiger partial charge >= 0.3 is 6.36 Å². The van der Waals surface area contributed by atoms with Crippen molar-refractivity contribution in [2.45, 2.75) is 13.3 Å². The number of carbonyl (C=O) groups is 1. The van der Waals surface area contributed by atoms with Crippen LogP contribution in [0.1, 0.15) is 11.1 Å². The first-order chi connectivity index (χ1) is 18.1. The molecule has 4 N–H and O–H groups in total. The number of aryl methyl sites for hydroxylation is 1. The molecule has 0 aliphatic rings. The van der Waals surface area contributed by atoms with E-state index in [1.165, 1.54) is 12.1 Å². The maximum absolute atomic E-state index is 12.6. The van der Waals surface area contributed by atoms with Crippen LogP contribution in [0.25, 0.3) is 0 Å². The lowest BCUT2D eigenvalue weighted by molar-refractivity contribution is -0.274. The highest BCUT2D eigenvalue weighted by molar-refractivity contribution is 7.84. The second-order valence-corrected chi connectivity index (χ2v) is 8.05. The van der Waals surface area contributed by atoms with Crippen molar-refractivity contribution in [1.29, 1.82) is 5.26 Å². The minimum Gasteiger partial charge on any atom is -0.406 e. The molecule has 38 heavy (non-hydrogen) atoms. The topological polar surface area (TPSA) is 125 Å². The Morgan fingerprint density at radius 2 is 1.71 bits per heavy atom. The molecule has 0 aliphatic heterocycles. The Morgan fingerprint density at radius 1 is 1.05 bits per heavy atom. The number of para-hydroxylation sites is 1. The number of nitriles is 1. The predicted molar refractivity (Wildman–Crippen MR) is 143 cm³/mol. The number of anilines is 2. The number of hydrogen-bond acceptors (Lipinski definition) is 6. The van der Waals surface area contributed by atoms with Gasteiger partial charge in [0.25, 0.3) is 5.91 Å². The average Bonchev–Trinajstić information content (AvgIpc) is 2.86. The maximum atomic E-state index is 12.6. The number of nitrogens with two attached hydrogens (primary N) is 1. The van der Waals surface area contributed by atoms with Crippen LogP contribution in [0.4, 0.5) is 30.2 Å². The number of nitrogens with zero attached hydrogens (tertiary/aromatic N) is 3. The van der Waals surface area contributed by atoms with Gasteiger partial charge in [0.15, 0.2) is 0 Å². The Kier molecular flexibility index (Phi) is 9.13. The molecular weight excluding hydrogens is 517 g/mol. The van der Waals surface area contributed by atoms with E-state index in [2.05, 4.69) is 38.0 Å². The van der Waals surface area contributed by atoms with E-state index >= 15 is 0 Å². The van der Waals surface area contributed by atoms with Crippen LogP contribution in [-0.4, -0.2) is 24.4 Å². The summed E-state index contributed by atoms with van der Waals surface area (Å²) in [6.45, 7) is 1.88. The highest BCUT2D eigenvalue weighted by atomic mass is 32.1. The van der Waals surface area contributed by atoms with Gasteiger partial charge in [-0.1, -0.05) is 18.2 Å². The monoisotopic (exact) mass is 538 g/mol. The molecular formula is C26H21F3N6O2S. The molecule has 0 fully saturated rings. The number of nitrogens with one attached hydrogen (secondary N) is 2. The molecule has 0 bridgehead atoms. The van der Waals surface area contributed by atoms with Gasteiger partial charge in [-0.05, 0) is 67.1 Å². The Balaban J connectivity index is 1.63. The van der Waals surface area contributed by atoms with Gasteiger partial charge in [-0.25, -0.2) is 9.98 Å². The molecule has 0 saturated carbocycles. The van der Waals surface area contributed by atoms with E-state index in [0.29, 0.717) is 22.6 Å². The van der Waals surface area contributed by atoms with Crippen molar-refractivity contribution in [2.24, 2.45) is 15.7 Å². The lowest BCUT2D eigenvalue weighted by Gasteiger charge is -2.11. The lowest BCUT2D eigenvalue weighted by atomic mass is 10.2. The molecule has 8 nitrogen and oxygen atoms in total. The molecule has 0 saturated heterocycles. The van der Waals surface area contributed by atoms with E-state index < -0.39 is 12.3 Å². The third kappa shape index (κ3) is 8.14. The average molecular weight is 539 g/mol. The van der Waals surface area contributed by atoms with Gasteiger partial charge in [-0.2, -0.15) is 5.26 Å². The Labute approximate surface area is 221 Å². The molecule has 194 valence electrons. The fourth-order valence-electron chi connectivity index (χ4n) is 3.00. The highest BCUT2D eigenvalue weighted by Gasteiger charge is 2.30. The number of benzene rings is 3. The summed E-state index contributed by atoms with van der Waals surface area (Å²) in [4.78, 5) is 20.7. The van der Waals surface area contributed by atoms with E-state index in [1.54, 1.807) is 30.3 Å². The van der Waals surface area contributed by atoms with Crippen LogP contribution in [0.2, 0.25) is 0 Å². The van der Waals surface area contributed by atoms with Gasteiger partial charge in [-0.15, -0.1) is 25.8 Å². The van der Waals surface area contributed by atoms with E-state index in [9.17, 15) is 23.2 Å². The van der Waals surface area contributed by atoms with Gasteiger partial charge in [0, 0.05) is 16.9 Å². The van der Waals surface area contributed by atoms with Crippen LogP contribution in [0.15, 0.2) is 93.4 Å².